The van der Waals surface area contributed by atoms with Gasteiger partial charge in [-0.15, -0.1) is 0 Å². The number of carbonyl (C=O) groups excluding carboxylic acids is 1. The summed E-state index contributed by atoms with van der Waals surface area (Å²) in [4.78, 5) is 18.5. The molecule has 6 nitrogen and oxygen atoms in total. The number of aryl methyl sites for hydroxylation is 1. The maximum atomic E-state index is 14.1. The standard InChI is InChI=1S/C27H23FN4O2S/c1-17-16-20(12-13-21(17)28)32-25(24(30-27(32)35)22-6-3-4-14-29-22)23-7-5-15-31(23)19-10-8-18(9-11-19)26(33)34-2/h3-16,24-25H,1-2H3,(H,30,35)/t24-,25+/m0/s1. The number of aromatic nitrogens is 2. The molecule has 1 N–H and O–H groups in total. The van der Waals surface area contributed by atoms with Crippen molar-refractivity contribution in [3.8, 4) is 5.69 Å². The average molecular weight is 487 g/mol. The molecule has 1 saturated heterocycles. The van der Waals surface area contributed by atoms with E-state index in [-0.39, 0.29) is 23.9 Å². The van der Waals surface area contributed by atoms with Crippen molar-refractivity contribution < 1.29 is 13.9 Å². The highest BCUT2D eigenvalue weighted by Gasteiger charge is 2.42. The molecule has 1 aliphatic rings. The van der Waals surface area contributed by atoms with Crippen molar-refractivity contribution in [2.45, 2.75) is 19.0 Å². The van der Waals surface area contributed by atoms with E-state index in [1.165, 1.54) is 13.2 Å². The molecule has 0 bridgehead atoms. The van der Waals surface area contributed by atoms with Gasteiger partial charge >= 0.3 is 5.97 Å². The van der Waals surface area contributed by atoms with Crippen LogP contribution in [0.3, 0.4) is 0 Å². The fraction of sp³-hybridized carbons (Fsp3) is 0.148. The average Bonchev–Trinajstić information content (AvgIpc) is 3.50. The zero-order chi connectivity index (χ0) is 24.5. The highest BCUT2D eigenvalue weighted by atomic mass is 32.1. The van der Waals surface area contributed by atoms with Crippen LogP contribution in [0.2, 0.25) is 0 Å². The summed E-state index contributed by atoms with van der Waals surface area (Å²) in [5.74, 6) is -0.651. The molecule has 1 aliphatic heterocycles. The second-order valence-corrected chi connectivity index (χ2v) is 8.66. The minimum absolute atomic E-state index is 0.239. The summed E-state index contributed by atoms with van der Waals surface area (Å²) in [5.41, 5.74) is 4.49. The molecule has 2 aromatic carbocycles. The number of benzene rings is 2. The number of ether oxygens (including phenoxy) is 1. The van der Waals surface area contributed by atoms with Gasteiger partial charge in [-0.25, -0.2) is 9.18 Å². The number of esters is 1. The Labute approximate surface area is 208 Å². The van der Waals surface area contributed by atoms with Crippen molar-refractivity contribution >= 4 is 29.0 Å². The topological polar surface area (TPSA) is 59.4 Å². The minimum atomic E-state index is -0.386. The summed E-state index contributed by atoms with van der Waals surface area (Å²) in [6.45, 7) is 1.74. The van der Waals surface area contributed by atoms with Gasteiger partial charge in [-0.2, -0.15) is 0 Å². The van der Waals surface area contributed by atoms with E-state index in [0.29, 0.717) is 16.2 Å². The highest BCUT2D eigenvalue weighted by Crippen LogP contribution is 2.42. The monoisotopic (exact) mass is 486 g/mol. The van der Waals surface area contributed by atoms with Crippen molar-refractivity contribution in [1.29, 1.82) is 0 Å². The van der Waals surface area contributed by atoms with E-state index < -0.39 is 0 Å². The summed E-state index contributed by atoms with van der Waals surface area (Å²) in [6, 6.07) is 21.5. The summed E-state index contributed by atoms with van der Waals surface area (Å²) in [6.07, 6.45) is 3.72. The molecule has 2 aromatic heterocycles. The van der Waals surface area contributed by atoms with Crippen LogP contribution in [0.15, 0.2) is 85.2 Å². The Morgan fingerprint density at radius 2 is 1.83 bits per heavy atom. The Hall–Kier alpha value is -4.04. The molecular weight excluding hydrogens is 463 g/mol. The van der Waals surface area contributed by atoms with E-state index in [1.54, 1.807) is 37.4 Å². The number of nitrogens with zero attached hydrogens (tertiary/aromatic N) is 3. The quantitative estimate of drug-likeness (QED) is 0.306. The van der Waals surface area contributed by atoms with Crippen LogP contribution in [-0.2, 0) is 4.74 Å². The lowest BCUT2D eigenvalue weighted by molar-refractivity contribution is 0.0600. The normalized spacial score (nSPS) is 17.3. The molecule has 0 radical (unpaired) electrons. The third kappa shape index (κ3) is 4.17. The molecule has 5 rings (SSSR count). The van der Waals surface area contributed by atoms with E-state index in [4.69, 9.17) is 17.0 Å². The van der Waals surface area contributed by atoms with Crippen LogP contribution in [0.25, 0.3) is 5.69 Å². The van der Waals surface area contributed by atoms with E-state index in [1.807, 2.05) is 53.6 Å². The van der Waals surface area contributed by atoms with E-state index in [0.717, 1.165) is 22.8 Å². The van der Waals surface area contributed by atoms with Crippen LogP contribution in [0, 0.1) is 12.7 Å². The lowest BCUT2D eigenvalue weighted by Crippen LogP contribution is -2.30. The number of anilines is 1. The summed E-state index contributed by atoms with van der Waals surface area (Å²) >= 11 is 5.78. The van der Waals surface area contributed by atoms with Crippen molar-refractivity contribution in [1.82, 2.24) is 14.9 Å². The lowest BCUT2D eigenvalue weighted by Gasteiger charge is -2.29. The molecule has 176 valence electrons. The Morgan fingerprint density at radius 3 is 2.51 bits per heavy atom. The molecule has 0 unspecified atom stereocenters. The number of methoxy groups -OCH3 is 1. The molecular formula is C27H23FN4O2S. The molecule has 0 saturated carbocycles. The van der Waals surface area contributed by atoms with Crippen molar-refractivity contribution in [3.05, 3.63) is 114 Å². The Balaban J connectivity index is 1.63. The maximum Gasteiger partial charge on any atom is 0.337 e. The van der Waals surface area contributed by atoms with Gasteiger partial charge in [0.1, 0.15) is 11.9 Å². The molecule has 3 heterocycles. The van der Waals surface area contributed by atoms with Crippen LogP contribution in [0.5, 0.6) is 0 Å². The first kappa shape index (κ1) is 22.7. The van der Waals surface area contributed by atoms with Gasteiger partial charge in [-0.1, -0.05) is 6.07 Å². The summed E-state index contributed by atoms with van der Waals surface area (Å²) in [7, 11) is 1.36. The Kier molecular flexibility index (Phi) is 6.05. The van der Waals surface area contributed by atoms with Crippen molar-refractivity contribution in [2.24, 2.45) is 0 Å². The number of nitrogens with one attached hydrogen (secondary N) is 1. The van der Waals surface area contributed by atoms with Gasteiger partial charge < -0.3 is 19.5 Å². The predicted octanol–water partition coefficient (Wildman–Crippen LogP) is 5.28. The molecule has 0 spiro atoms. The Bertz CT molecular complexity index is 1390. The second kappa shape index (κ2) is 9.31. The van der Waals surface area contributed by atoms with E-state index in [2.05, 4.69) is 14.9 Å². The number of halogens is 1. The van der Waals surface area contributed by atoms with Gasteiger partial charge in [0.2, 0.25) is 0 Å². The first-order valence-electron chi connectivity index (χ1n) is 11.1. The number of thiocarbonyl (C=S) groups is 1. The maximum absolute atomic E-state index is 14.1. The second-order valence-electron chi connectivity index (χ2n) is 8.27. The Morgan fingerprint density at radius 1 is 1.06 bits per heavy atom. The molecule has 1 fully saturated rings. The van der Waals surface area contributed by atoms with Crippen molar-refractivity contribution in [3.63, 3.8) is 0 Å². The fourth-order valence-electron chi connectivity index (χ4n) is 4.46. The van der Waals surface area contributed by atoms with Crippen LogP contribution in [0.1, 0.15) is 39.4 Å². The number of rotatable bonds is 5. The van der Waals surface area contributed by atoms with Gasteiger partial charge in [0.15, 0.2) is 5.11 Å². The summed E-state index contributed by atoms with van der Waals surface area (Å²) < 4.78 is 21.0. The minimum Gasteiger partial charge on any atom is -0.465 e. The molecule has 8 heteroatoms. The zero-order valence-electron chi connectivity index (χ0n) is 19.2. The number of hydrogen-bond donors (Lipinski definition) is 1. The SMILES string of the molecule is COC(=O)c1ccc(-n2cccc2[C@@H]2[C@H](c3ccccn3)NC(=S)N2c2ccc(F)c(C)c2)cc1. The van der Waals surface area contributed by atoms with Gasteiger partial charge in [-0.3, -0.25) is 4.98 Å². The first-order valence-corrected chi connectivity index (χ1v) is 11.5. The van der Waals surface area contributed by atoms with Crippen LogP contribution < -0.4 is 10.2 Å². The molecule has 4 aromatic rings. The van der Waals surface area contributed by atoms with Crippen molar-refractivity contribution in [2.75, 3.05) is 12.0 Å². The molecule has 0 aliphatic carbocycles. The lowest BCUT2D eigenvalue weighted by atomic mass is 10.0. The van der Waals surface area contributed by atoms with Gasteiger partial charge in [-0.05, 0) is 91.4 Å². The van der Waals surface area contributed by atoms with Crippen LogP contribution in [0.4, 0.5) is 10.1 Å². The van der Waals surface area contributed by atoms with Gasteiger partial charge in [0, 0.05) is 29.5 Å². The van der Waals surface area contributed by atoms with Crippen LogP contribution >= 0.6 is 12.2 Å². The third-order valence-electron chi connectivity index (χ3n) is 6.17. The zero-order valence-corrected chi connectivity index (χ0v) is 20.0. The molecule has 2 atom stereocenters. The third-order valence-corrected chi connectivity index (χ3v) is 6.48. The fourth-order valence-corrected chi connectivity index (χ4v) is 4.80. The molecule has 35 heavy (non-hydrogen) atoms. The number of pyridine rings is 1. The largest absolute Gasteiger partial charge is 0.465 e. The van der Waals surface area contributed by atoms with Gasteiger partial charge in [0.05, 0.1) is 24.4 Å². The van der Waals surface area contributed by atoms with Gasteiger partial charge in [0.25, 0.3) is 0 Å². The van der Waals surface area contributed by atoms with E-state index >= 15 is 0 Å². The first-order chi connectivity index (χ1) is 17.0. The van der Waals surface area contributed by atoms with E-state index in [9.17, 15) is 9.18 Å². The molecule has 0 amide bonds. The number of carbonyl (C=O) groups is 1. The predicted molar refractivity (Wildman–Crippen MR) is 136 cm³/mol. The highest BCUT2D eigenvalue weighted by molar-refractivity contribution is 7.80. The van der Waals surface area contributed by atoms with Crippen LogP contribution in [-0.4, -0.2) is 27.7 Å². The smallest absolute Gasteiger partial charge is 0.337 e. The summed E-state index contributed by atoms with van der Waals surface area (Å²) in [5, 5.41) is 3.96. The number of hydrogen-bond acceptors (Lipinski definition) is 4.